The average molecular weight is 356 g/mol. The highest BCUT2D eigenvalue weighted by Gasteiger charge is 2.06. The third-order valence-corrected chi connectivity index (χ3v) is 3.67. The smallest absolute Gasteiger partial charge is 0.252 e. The topological polar surface area (TPSA) is 45.2 Å². The fourth-order valence-electron chi connectivity index (χ4n) is 2.27. The maximum atomic E-state index is 11.9. The summed E-state index contributed by atoms with van der Waals surface area (Å²) in [6.07, 6.45) is 7.80. The van der Waals surface area contributed by atoms with Crippen LogP contribution in [-0.2, 0) is 0 Å². The summed E-state index contributed by atoms with van der Waals surface area (Å²) >= 11 is 3.32. The van der Waals surface area contributed by atoms with E-state index >= 15 is 0 Å². The normalized spacial score (nSPS) is 10.9. The van der Waals surface area contributed by atoms with E-state index in [0.29, 0.717) is 5.56 Å². The molecule has 0 saturated carbocycles. The van der Waals surface area contributed by atoms with Crippen LogP contribution in [0.15, 0.2) is 22.9 Å². The minimum absolute atomic E-state index is 0.0530. The Hall–Kier alpha value is -0.940. The van der Waals surface area contributed by atoms with Gasteiger partial charge in [0.05, 0.1) is 5.56 Å². The lowest BCUT2D eigenvalue weighted by Gasteiger charge is -2.20. The largest absolute Gasteiger partial charge is 0.352 e. The van der Waals surface area contributed by atoms with Gasteiger partial charge in [0.15, 0.2) is 0 Å². The molecule has 1 aromatic rings. The monoisotopic (exact) mass is 355 g/mol. The van der Waals surface area contributed by atoms with Gasteiger partial charge in [0.1, 0.15) is 0 Å². The number of nitrogens with one attached hydrogen (secondary N) is 1. The Morgan fingerprint density at radius 3 is 2.52 bits per heavy atom. The number of halogens is 1. The van der Waals surface area contributed by atoms with E-state index in [2.05, 4.69) is 45.0 Å². The number of carbonyl (C=O) groups is 1. The Balaban J connectivity index is 2.20. The first-order valence-corrected chi connectivity index (χ1v) is 8.57. The van der Waals surface area contributed by atoms with Crippen molar-refractivity contribution in [2.75, 3.05) is 26.2 Å². The Labute approximate surface area is 136 Å². The summed E-state index contributed by atoms with van der Waals surface area (Å²) in [7, 11) is 0. The fraction of sp³-hybridized carbons (Fsp3) is 0.625. The number of hydrogen-bond donors (Lipinski definition) is 1. The predicted octanol–water partition coefficient (Wildman–Crippen LogP) is 3.48. The van der Waals surface area contributed by atoms with Crippen LogP contribution >= 0.6 is 15.9 Å². The Morgan fingerprint density at radius 2 is 1.90 bits per heavy atom. The van der Waals surface area contributed by atoms with E-state index in [4.69, 9.17) is 0 Å². The van der Waals surface area contributed by atoms with Crippen LogP contribution in [0.2, 0.25) is 0 Å². The fourth-order valence-corrected chi connectivity index (χ4v) is 2.63. The molecule has 1 rings (SSSR count). The van der Waals surface area contributed by atoms with Gasteiger partial charge in [-0.3, -0.25) is 9.78 Å². The Morgan fingerprint density at radius 1 is 1.19 bits per heavy atom. The zero-order valence-electron chi connectivity index (χ0n) is 13.1. The molecule has 0 unspecified atom stereocenters. The highest BCUT2D eigenvalue weighted by Crippen LogP contribution is 2.09. The molecule has 0 aliphatic rings. The molecule has 0 aliphatic carbocycles. The molecule has 4 nitrogen and oxygen atoms in total. The zero-order chi connectivity index (χ0) is 15.5. The molecule has 0 saturated heterocycles. The number of nitrogens with zero attached hydrogens (tertiary/aromatic N) is 2. The van der Waals surface area contributed by atoms with Gasteiger partial charge in [-0.25, -0.2) is 0 Å². The van der Waals surface area contributed by atoms with Crippen molar-refractivity contribution in [3.8, 4) is 0 Å². The van der Waals surface area contributed by atoms with Crippen LogP contribution in [0.4, 0.5) is 0 Å². The third-order valence-electron chi connectivity index (χ3n) is 3.23. The molecule has 21 heavy (non-hydrogen) atoms. The lowest BCUT2D eigenvalue weighted by atomic mass is 10.2. The quantitative estimate of drug-likeness (QED) is 0.653. The van der Waals surface area contributed by atoms with Crippen LogP contribution in [0.1, 0.15) is 49.9 Å². The van der Waals surface area contributed by atoms with Crippen LogP contribution < -0.4 is 5.32 Å². The molecule has 0 radical (unpaired) electrons. The van der Waals surface area contributed by atoms with Gasteiger partial charge in [0.2, 0.25) is 0 Å². The van der Waals surface area contributed by atoms with E-state index < -0.39 is 0 Å². The van der Waals surface area contributed by atoms with Gasteiger partial charge in [0, 0.05) is 23.4 Å². The van der Waals surface area contributed by atoms with Gasteiger partial charge in [-0.15, -0.1) is 0 Å². The lowest BCUT2D eigenvalue weighted by molar-refractivity contribution is 0.0952. The Kier molecular flexibility index (Phi) is 9.26. The van der Waals surface area contributed by atoms with Crippen LogP contribution in [0.3, 0.4) is 0 Å². The van der Waals surface area contributed by atoms with Crippen LogP contribution in [0.25, 0.3) is 0 Å². The van der Waals surface area contributed by atoms with E-state index in [1.54, 1.807) is 18.5 Å². The molecule has 0 spiro atoms. The number of unbranched alkanes of at least 4 members (excludes halogenated alkanes) is 1. The first-order valence-electron chi connectivity index (χ1n) is 7.78. The van der Waals surface area contributed by atoms with E-state index in [1.165, 1.54) is 25.9 Å². The second kappa shape index (κ2) is 10.7. The van der Waals surface area contributed by atoms with Crippen molar-refractivity contribution in [1.29, 1.82) is 0 Å². The average Bonchev–Trinajstić information content (AvgIpc) is 2.47. The number of aromatic nitrogens is 1. The van der Waals surface area contributed by atoms with E-state index in [-0.39, 0.29) is 5.91 Å². The molecular weight excluding hydrogens is 330 g/mol. The molecule has 0 bridgehead atoms. The molecular formula is C16H26BrN3O. The summed E-state index contributed by atoms with van der Waals surface area (Å²) in [4.78, 5) is 18.4. The van der Waals surface area contributed by atoms with Gasteiger partial charge in [0.25, 0.3) is 5.91 Å². The number of amides is 1. The second-order valence-corrected chi connectivity index (χ2v) is 6.11. The maximum Gasteiger partial charge on any atom is 0.252 e. The molecule has 1 heterocycles. The molecule has 0 atom stereocenters. The van der Waals surface area contributed by atoms with Gasteiger partial charge in [-0.2, -0.15) is 0 Å². The maximum absolute atomic E-state index is 11.9. The predicted molar refractivity (Wildman–Crippen MR) is 90.5 cm³/mol. The van der Waals surface area contributed by atoms with Crippen molar-refractivity contribution < 1.29 is 4.79 Å². The summed E-state index contributed by atoms with van der Waals surface area (Å²) < 4.78 is 0.824. The van der Waals surface area contributed by atoms with Gasteiger partial charge < -0.3 is 10.2 Å². The summed E-state index contributed by atoms with van der Waals surface area (Å²) in [6.45, 7) is 8.62. The molecule has 0 aliphatic heterocycles. The summed E-state index contributed by atoms with van der Waals surface area (Å²) in [5.74, 6) is -0.0530. The second-order valence-electron chi connectivity index (χ2n) is 5.20. The van der Waals surface area contributed by atoms with Crippen LogP contribution in [0.5, 0.6) is 0 Å². The number of pyridine rings is 1. The summed E-state index contributed by atoms with van der Waals surface area (Å²) in [6, 6.07) is 1.78. The summed E-state index contributed by atoms with van der Waals surface area (Å²) in [5, 5.41) is 2.95. The molecule has 118 valence electrons. The van der Waals surface area contributed by atoms with Gasteiger partial charge >= 0.3 is 0 Å². The highest BCUT2D eigenvalue weighted by atomic mass is 79.9. The van der Waals surface area contributed by atoms with Gasteiger partial charge in [-0.1, -0.05) is 13.8 Å². The molecule has 0 fully saturated rings. The molecule has 1 N–H and O–H groups in total. The minimum atomic E-state index is -0.0530. The molecule has 5 heteroatoms. The zero-order valence-corrected chi connectivity index (χ0v) is 14.7. The first-order chi connectivity index (χ1) is 10.2. The van der Waals surface area contributed by atoms with Crippen molar-refractivity contribution >= 4 is 21.8 Å². The molecule has 0 aromatic carbocycles. The lowest BCUT2D eigenvalue weighted by Crippen LogP contribution is -2.28. The highest BCUT2D eigenvalue weighted by molar-refractivity contribution is 9.10. The Bertz CT molecular complexity index is 420. The van der Waals surface area contributed by atoms with Gasteiger partial charge in [-0.05, 0) is 67.3 Å². The van der Waals surface area contributed by atoms with Crippen LogP contribution in [0, 0.1) is 0 Å². The molecule has 1 amide bonds. The minimum Gasteiger partial charge on any atom is -0.352 e. The van der Waals surface area contributed by atoms with Crippen molar-refractivity contribution in [1.82, 2.24) is 15.2 Å². The van der Waals surface area contributed by atoms with Crippen molar-refractivity contribution in [3.63, 3.8) is 0 Å². The van der Waals surface area contributed by atoms with E-state index in [1.807, 2.05) is 0 Å². The van der Waals surface area contributed by atoms with Crippen LogP contribution in [-0.4, -0.2) is 42.0 Å². The van der Waals surface area contributed by atoms with E-state index in [9.17, 15) is 4.79 Å². The number of hydrogen-bond acceptors (Lipinski definition) is 3. The number of carbonyl (C=O) groups excluding carboxylic acids is 1. The van der Waals surface area contributed by atoms with Crippen molar-refractivity contribution in [2.24, 2.45) is 0 Å². The standard InChI is InChI=1S/C16H26BrN3O/c1-3-8-20(9-4-2)10-6-5-7-19-16(21)14-11-15(17)13-18-12-14/h11-13H,3-10H2,1-2H3,(H,19,21). The molecule has 1 aromatic heterocycles. The summed E-state index contributed by atoms with van der Waals surface area (Å²) in [5.41, 5.74) is 0.600. The third kappa shape index (κ3) is 7.58. The van der Waals surface area contributed by atoms with E-state index in [0.717, 1.165) is 30.4 Å². The first kappa shape index (κ1) is 18.1. The number of rotatable bonds is 10. The SMILES string of the molecule is CCCN(CCC)CCCCNC(=O)c1cncc(Br)c1. The van der Waals surface area contributed by atoms with Crippen molar-refractivity contribution in [2.45, 2.75) is 39.5 Å². The van der Waals surface area contributed by atoms with Crippen molar-refractivity contribution in [3.05, 3.63) is 28.5 Å².